The molecule has 0 saturated carbocycles. The lowest BCUT2D eigenvalue weighted by molar-refractivity contribution is 0.183. The number of fused-ring (bicyclic) bond motifs is 1. The monoisotopic (exact) mass is 461 g/mol. The van der Waals surface area contributed by atoms with Gasteiger partial charge in [-0.3, -0.25) is 9.29 Å². The number of aryl methyl sites for hydroxylation is 1. The molecular formula is C22H25BrFN3O2. The van der Waals surface area contributed by atoms with Crippen molar-refractivity contribution in [1.29, 1.82) is 0 Å². The number of rotatable bonds is 6. The third-order valence-corrected chi connectivity index (χ3v) is 6.29. The lowest BCUT2D eigenvalue weighted by Crippen LogP contribution is -2.26. The van der Waals surface area contributed by atoms with Crippen LogP contribution < -0.4 is 4.74 Å². The first-order chi connectivity index (χ1) is 14.1. The number of aromatic hydroxyl groups is 1. The minimum atomic E-state index is -0.277. The summed E-state index contributed by atoms with van der Waals surface area (Å²) >= 11 is 3.74. The minimum absolute atomic E-state index is 0.0491. The molecule has 1 aliphatic heterocycles. The van der Waals surface area contributed by atoms with E-state index < -0.39 is 0 Å². The number of benzene rings is 1. The Balaban J connectivity index is 1.50. The molecule has 0 amide bonds. The van der Waals surface area contributed by atoms with Crippen molar-refractivity contribution in [2.75, 3.05) is 26.3 Å². The molecule has 2 heterocycles. The quantitative estimate of drug-likeness (QED) is 0.686. The Bertz CT molecular complexity index is 888. The summed E-state index contributed by atoms with van der Waals surface area (Å²) in [6, 6.07) is 5.90. The van der Waals surface area contributed by atoms with Gasteiger partial charge in [0.15, 0.2) is 0 Å². The molecule has 1 N–H and O–H groups in total. The summed E-state index contributed by atoms with van der Waals surface area (Å²) in [5.74, 6) is 0.290. The highest BCUT2D eigenvalue weighted by Crippen LogP contribution is 2.38. The summed E-state index contributed by atoms with van der Waals surface area (Å²) in [4.78, 5) is 11.1. The highest BCUT2D eigenvalue weighted by Gasteiger charge is 2.24. The van der Waals surface area contributed by atoms with Crippen molar-refractivity contribution in [3.8, 4) is 11.8 Å². The van der Waals surface area contributed by atoms with Crippen molar-refractivity contribution in [2.24, 2.45) is 0 Å². The molecule has 1 atom stereocenters. The van der Waals surface area contributed by atoms with Crippen LogP contribution in [-0.2, 0) is 6.42 Å². The Kier molecular flexibility index (Phi) is 6.45. The number of aromatic nitrogens is 2. The molecule has 1 unspecified atom stereocenters. The van der Waals surface area contributed by atoms with E-state index in [1.807, 2.05) is 12.1 Å². The normalized spacial score (nSPS) is 19.9. The van der Waals surface area contributed by atoms with Crippen molar-refractivity contribution in [2.45, 2.75) is 38.2 Å². The molecule has 29 heavy (non-hydrogen) atoms. The molecule has 0 spiro atoms. The van der Waals surface area contributed by atoms with Crippen LogP contribution in [0.2, 0.25) is 0 Å². The number of halogens is 2. The van der Waals surface area contributed by atoms with Gasteiger partial charge in [-0.15, -0.1) is 0 Å². The number of alkyl halides is 1. The summed E-state index contributed by atoms with van der Waals surface area (Å²) in [5, 5.41) is 9.85. The molecule has 2 aliphatic rings. The van der Waals surface area contributed by atoms with Gasteiger partial charge in [-0.1, -0.05) is 22.0 Å². The number of hydrogen-bond acceptors (Lipinski definition) is 5. The molecule has 7 heteroatoms. The molecule has 1 fully saturated rings. The number of ether oxygens (including phenoxy) is 1. The maximum atomic E-state index is 12.3. The second-order valence-electron chi connectivity index (χ2n) is 7.60. The average Bonchev–Trinajstić information content (AvgIpc) is 3.09. The van der Waals surface area contributed by atoms with Crippen LogP contribution >= 0.6 is 15.9 Å². The summed E-state index contributed by atoms with van der Waals surface area (Å²) in [6.07, 6.45) is 8.00. The zero-order valence-electron chi connectivity index (χ0n) is 16.3. The largest absolute Gasteiger partial charge is 0.508 e. The first-order valence-electron chi connectivity index (χ1n) is 10.1. The topological polar surface area (TPSA) is 58.5 Å². The molecule has 1 aromatic heterocycles. The van der Waals surface area contributed by atoms with Crippen LogP contribution in [0.1, 0.15) is 42.4 Å². The zero-order chi connectivity index (χ0) is 20.2. The molecule has 4 rings (SSSR count). The van der Waals surface area contributed by atoms with Crippen LogP contribution in [0.15, 0.2) is 35.1 Å². The molecule has 154 valence electrons. The van der Waals surface area contributed by atoms with Crippen LogP contribution in [0.5, 0.6) is 11.8 Å². The van der Waals surface area contributed by atoms with E-state index in [4.69, 9.17) is 4.74 Å². The van der Waals surface area contributed by atoms with Gasteiger partial charge in [0.25, 0.3) is 0 Å². The molecule has 1 aromatic carbocycles. The predicted molar refractivity (Wildman–Crippen MR) is 114 cm³/mol. The Morgan fingerprint density at radius 2 is 2.07 bits per heavy atom. The molecule has 0 radical (unpaired) electrons. The van der Waals surface area contributed by atoms with E-state index in [0.29, 0.717) is 18.2 Å². The van der Waals surface area contributed by atoms with Gasteiger partial charge in [-0.05, 0) is 55.4 Å². The molecular weight excluding hydrogens is 437 g/mol. The SMILES string of the molecule is Oc1ccc2c(c1)CCCC(Br)=C2c1cnc(OC2CCN(CCCF)C2)nc1. The fraction of sp³-hybridized carbons (Fsp3) is 0.455. The van der Waals surface area contributed by atoms with Gasteiger partial charge in [0.05, 0.1) is 6.67 Å². The standard InChI is InChI=1S/C22H25BrFN3O2/c23-20-4-1-3-15-11-17(28)5-6-19(15)21(20)16-12-25-22(26-13-16)29-18-7-10-27(14-18)9-2-8-24/h5-6,11-13,18,28H,1-4,7-10,14H2. The lowest BCUT2D eigenvalue weighted by Gasteiger charge is -2.16. The summed E-state index contributed by atoms with van der Waals surface area (Å²) in [6.45, 7) is 2.21. The molecule has 5 nitrogen and oxygen atoms in total. The number of allylic oxidation sites excluding steroid dienone is 1. The Hall–Kier alpha value is -1.99. The van der Waals surface area contributed by atoms with Gasteiger partial charge < -0.3 is 9.84 Å². The molecule has 2 aromatic rings. The van der Waals surface area contributed by atoms with Crippen LogP contribution in [-0.4, -0.2) is 52.4 Å². The van der Waals surface area contributed by atoms with Gasteiger partial charge >= 0.3 is 6.01 Å². The summed E-state index contributed by atoms with van der Waals surface area (Å²) < 4.78 is 19.4. The Labute approximate surface area is 178 Å². The van der Waals surface area contributed by atoms with Gasteiger partial charge in [-0.2, -0.15) is 0 Å². The van der Waals surface area contributed by atoms with Crippen molar-refractivity contribution in [1.82, 2.24) is 14.9 Å². The summed E-state index contributed by atoms with van der Waals surface area (Å²) in [5.41, 5.74) is 4.23. The smallest absolute Gasteiger partial charge is 0.316 e. The average molecular weight is 462 g/mol. The Morgan fingerprint density at radius 3 is 2.86 bits per heavy atom. The van der Waals surface area contributed by atoms with E-state index in [-0.39, 0.29) is 12.8 Å². The highest BCUT2D eigenvalue weighted by molar-refractivity contribution is 9.11. The molecule has 1 saturated heterocycles. The van der Waals surface area contributed by atoms with Crippen molar-refractivity contribution < 1.29 is 14.2 Å². The van der Waals surface area contributed by atoms with E-state index in [2.05, 4.69) is 30.8 Å². The maximum absolute atomic E-state index is 12.3. The number of likely N-dealkylation sites (tertiary alicyclic amines) is 1. The maximum Gasteiger partial charge on any atom is 0.316 e. The predicted octanol–water partition coefficient (Wildman–Crippen LogP) is 4.49. The fourth-order valence-corrected chi connectivity index (χ4v) is 4.81. The van der Waals surface area contributed by atoms with Gasteiger partial charge in [0.1, 0.15) is 11.9 Å². The second-order valence-corrected chi connectivity index (χ2v) is 8.56. The number of phenols is 1. The van der Waals surface area contributed by atoms with Crippen molar-refractivity contribution in [3.05, 3.63) is 51.8 Å². The van der Waals surface area contributed by atoms with E-state index in [1.54, 1.807) is 18.5 Å². The van der Waals surface area contributed by atoms with E-state index in [9.17, 15) is 9.50 Å². The van der Waals surface area contributed by atoms with E-state index in [1.165, 1.54) is 0 Å². The Morgan fingerprint density at radius 1 is 1.24 bits per heavy atom. The molecule has 1 aliphatic carbocycles. The third-order valence-electron chi connectivity index (χ3n) is 5.50. The first-order valence-corrected chi connectivity index (χ1v) is 10.9. The van der Waals surface area contributed by atoms with Crippen LogP contribution in [0.3, 0.4) is 0 Å². The summed E-state index contributed by atoms with van der Waals surface area (Å²) in [7, 11) is 0. The number of nitrogens with zero attached hydrogens (tertiary/aromatic N) is 3. The van der Waals surface area contributed by atoms with Gasteiger partial charge in [0.2, 0.25) is 0 Å². The van der Waals surface area contributed by atoms with Crippen LogP contribution in [0.25, 0.3) is 5.57 Å². The lowest BCUT2D eigenvalue weighted by atomic mass is 9.95. The van der Waals surface area contributed by atoms with E-state index in [0.717, 1.165) is 72.1 Å². The zero-order valence-corrected chi connectivity index (χ0v) is 17.9. The van der Waals surface area contributed by atoms with Crippen molar-refractivity contribution in [3.63, 3.8) is 0 Å². The van der Waals surface area contributed by atoms with Crippen LogP contribution in [0.4, 0.5) is 4.39 Å². The number of hydrogen-bond donors (Lipinski definition) is 1. The highest BCUT2D eigenvalue weighted by atomic mass is 79.9. The first kappa shape index (κ1) is 20.3. The second kappa shape index (κ2) is 9.22. The fourth-order valence-electron chi connectivity index (χ4n) is 4.08. The van der Waals surface area contributed by atoms with Crippen molar-refractivity contribution >= 4 is 21.5 Å². The molecule has 0 bridgehead atoms. The number of phenolic OH excluding ortho intramolecular Hbond substituents is 1. The van der Waals surface area contributed by atoms with Gasteiger partial charge in [0, 0.05) is 47.6 Å². The van der Waals surface area contributed by atoms with Gasteiger partial charge in [-0.25, -0.2) is 9.97 Å². The minimum Gasteiger partial charge on any atom is -0.508 e. The third kappa shape index (κ3) is 4.78. The van der Waals surface area contributed by atoms with E-state index >= 15 is 0 Å². The van der Waals surface area contributed by atoms with Crippen LogP contribution in [0, 0.1) is 0 Å².